The van der Waals surface area contributed by atoms with Crippen LogP contribution in [0.25, 0.3) is 0 Å². The number of ketones is 1. The Morgan fingerprint density at radius 1 is 1.06 bits per heavy atom. The van der Waals surface area contributed by atoms with E-state index in [1.165, 1.54) is 18.2 Å². The molecule has 1 aromatic heterocycles. The molecule has 4 rings (SSSR count). The zero-order valence-corrected chi connectivity index (χ0v) is 17.6. The molecule has 0 saturated heterocycles. The highest BCUT2D eigenvalue weighted by molar-refractivity contribution is 6.26. The van der Waals surface area contributed by atoms with E-state index in [0.29, 0.717) is 18.4 Å². The second-order valence-corrected chi connectivity index (χ2v) is 8.56. The Kier molecular flexibility index (Phi) is 5.99. The van der Waals surface area contributed by atoms with Gasteiger partial charge in [0.1, 0.15) is 23.0 Å². The Balaban J connectivity index is 1.70. The summed E-state index contributed by atoms with van der Waals surface area (Å²) in [4.78, 5) is 30.3. The van der Waals surface area contributed by atoms with E-state index in [0.717, 1.165) is 43.7 Å². The molecule has 1 aromatic carbocycles. The number of aromatic nitrogens is 1. The first-order chi connectivity index (χ1) is 15.6. The van der Waals surface area contributed by atoms with Crippen LogP contribution in [0.4, 0.5) is 23.4 Å². The number of aliphatic hydroxyl groups excluding tert-OH is 1. The third-order valence-electron chi connectivity index (χ3n) is 6.61. The van der Waals surface area contributed by atoms with Gasteiger partial charge >= 0.3 is 6.18 Å². The van der Waals surface area contributed by atoms with Crippen LogP contribution >= 0.6 is 0 Å². The highest BCUT2D eigenvalue weighted by Crippen LogP contribution is 2.54. The number of pyridine rings is 1. The second kappa shape index (κ2) is 8.61. The Labute approximate surface area is 187 Å². The number of alkyl halides is 3. The van der Waals surface area contributed by atoms with Crippen LogP contribution in [0.3, 0.4) is 0 Å². The summed E-state index contributed by atoms with van der Waals surface area (Å²) in [6.45, 7) is 0. The molecule has 1 unspecified atom stereocenters. The lowest BCUT2D eigenvalue weighted by molar-refractivity contribution is -0.138. The lowest BCUT2D eigenvalue weighted by Crippen LogP contribution is -2.46. The number of hydrogen-bond donors (Lipinski definition) is 2. The molecule has 1 heterocycles. The van der Waals surface area contributed by atoms with Gasteiger partial charge in [-0.2, -0.15) is 13.2 Å². The van der Waals surface area contributed by atoms with Crippen LogP contribution in [0, 0.1) is 11.2 Å². The van der Waals surface area contributed by atoms with Crippen molar-refractivity contribution >= 4 is 17.5 Å². The van der Waals surface area contributed by atoms with Gasteiger partial charge in [0.25, 0.3) is 5.91 Å². The van der Waals surface area contributed by atoms with Crippen molar-refractivity contribution in [3.8, 4) is 0 Å². The molecule has 33 heavy (non-hydrogen) atoms. The van der Waals surface area contributed by atoms with Gasteiger partial charge in [-0.1, -0.05) is 31.4 Å². The maximum absolute atomic E-state index is 13.7. The van der Waals surface area contributed by atoms with Crippen molar-refractivity contribution in [3.05, 3.63) is 70.9 Å². The summed E-state index contributed by atoms with van der Waals surface area (Å²) < 4.78 is 52.1. The highest BCUT2D eigenvalue weighted by Gasteiger charge is 2.53. The minimum atomic E-state index is -4.48. The first-order valence-corrected chi connectivity index (χ1v) is 10.7. The number of carbonyl (C=O) groups is 2. The van der Waals surface area contributed by atoms with Crippen LogP contribution in [-0.2, 0) is 15.8 Å². The van der Waals surface area contributed by atoms with Crippen molar-refractivity contribution in [1.82, 2.24) is 4.98 Å². The molecule has 1 fully saturated rings. The third-order valence-corrected chi connectivity index (χ3v) is 6.61. The lowest BCUT2D eigenvalue weighted by Gasteiger charge is -2.45. The minimum absolute atomic E-state index is 0.0251. The first kappa shape index (κ1) is 22.9. The number of benzene rings is 1. The summed E-state index contributed by atoms with van der Waals surface area (Å²) in [7, 11) is 0. The Hall–Kier alpha value is -3.23. The summed E-state index contributed by atoms with van der Waals surface area (Å²) in [5.41, 5.74) is -1.64. The topological polar surface area (TPSA) is 79.3 Å². The number of amides is 1. The van der Waals surface area contributed by atoms with Gasteiger partial charge in [-0.25, -0.2) is 9.37 Å². The number of anilines is 1. The van der Waals surface area contributed by atoms with Gasteiger partial charge in [0.05, 0.1) is 11.8 Å². The van der Waals surface area contributed by atoms with E-state index in [1.54, 1.807) is 0 Å². The van der Waals surface area contributed by atoms with Crippen molar-refractivity contribution in [2.75, 3.05) is 5.32 Å². The summed E-state index contributed by atoms with van der Waals surface area (Å²) in [6.07, 6.45) is -0.300. The molecule has 0 bridgehead atoms. The fraction of sp³-hybridized carbons (Fsp3) is 0.375. The fourth-order valence-electron chi connectivity index (χ4n) is 4.99. The monoisotopic (exact) mass is 462 g/mol. The predicted octanol–water partition coefficient (Wildman–Crippen LogP) is 5.70. The molecule has 2 aliphatic carbocycles. The molecular weight excluding hydrogens is 440 g/mol. The second-order valence-electron chi connectivity index (χ2n) is 8.56. The van der Waals surface area contributed by atoms with Gasteiger partial charge in [-0.05, 0) is 42.7 Å². The van der Waals surface area contributed by atoms with E-state index in [9.17, 15) is 32.3 Å². The molecule has 0 aliphatic heterocycles. The van der Waals surface area contributed by atoms with Crippen LogP contribution in [-0.4, -0.2) is 21.8 Å². The molecule has 5 nitrogen and oxygen atoms in total. The quantitative estimate of drug-likeness (QED) is 0.453. The maximum Gasteiger partial charge on any atom is 0.416 e. The summed E-state index contributed by atoms with van der Waals surface area (Å²) in [6, 6.07) is 6.97. The normalized spacial score (nSPS) is 20.7. The van der Waals surface area contributed by atoms with Crippen molar-refractivity contribution in [1.29, 1.82) is 0 Å². The Bertz CT molecular complexity index is 1090. The lowest BCUT2D eigenvalue weighted by atomic mass is 9.56. The molecule has 1 saturated carbocycles. The third kappa shape index (κ3) is 4.36. The van der Waals surface area contributed by atoms with Crippen molar-refractivity contribution in [2.24, 2.45) is 5.41 Å². The number of hydrogen-bond acceptors (Lipinski definition) is 4. The number of halogens is 4. The van der Waals surface area contributed by atoms with E-state index >= 15 is 0 Å². The molecular formula is C24H22F4N2O3. The molecule has 1 atom stereocenters. The van der Waals surface area contributed by atoms with E-state index in [-0.39, 0.29) is 17.8 Å². The molecule has 9 heteroatoms. The van der Waals surface area contributed by atoms with Gasteiger partial charge in [0.2, 0.25) is 0 Å². The zero-order valence-electron chi connectivity index (χ0n) is 17.6. The zero-order chi connectivity index (χ0) is 23.8. The van der Waals surface area contributed by atoms with Gasteiger partial charge in [0, 0.05) is 17.8 Å². The molecule has 174 valence electrons. The van der Waals surface area contributed by atoms with Crippen molar-refractivity contribution in [2.45, 2.75) is 50.6 Å². The van der Waals surface area contributed by atoms with E-state index in [2.05, 4.69) is 10.3 Å². The van der Waals surface area contributed by atoms with Gasteiger partial charge in [-0.15, -0.1) is 0 Å². The number of rotatable bonds is 3. The Morgan fingerprint density at radius 3 is 2.30 bits per heavy atom. The predicted molar refractivity (Wildman–Crippen MR) is 112 cm³/mol. The standard InChI is InChI=1S/C24H22F4N2O3/c25-16-8-9-19(29-13-16)30-22(33)20-18(31)12-17(23(21(20)32)10-2-1-3-11-23)14-4-6-15(7-5-14)24(26,27)28/h4-9,13,17,31H,1-3,10-12H2,(H,29,30,33). The molecule has 1 amide bonds. The molecule has 1 spiro atoms. The number of aliphatic hydroxyl groups is 1. The summed E-state index contributed by atoms with van der Waals surface area (Å²) >= 11 is 0. The van der Waals surface area contributed by atoms with Crippen LogP contribution < -0.4 is 5.32 Å². The molecule has 2 N–H and O–H groups in total. The SMILES string of the molecule is O=C(Nc1ccc(F)cn1)C1=C(O)CC(c2ccc(C(F)(F)F)cc2)C2(CCCCC2)C1=O. The maximum atomic E-state index is 13.7. The fourth-order valence-corrected chi connectivity index (χ4v) is 4.99. The number of carbonyl (C=O) groups excluding carboxylic acids is 2. The minimum Gasteiger partial charge on any atom is -0.511 e. The number of nitrogens with zero attached hydrogens (tertiary/aromatic N) is 1. The van der Waals surface area contributed by atoms with Crippen LogP contribution in [0.5, 0.6) is 0 Å². The van der Waals surface area contributed by atoms with Crippen LogP contribution in [0.1, 0.15) is 55.6 Å². The van der Waals surface area contributed by atoms with Gasteiger partial charge in [0.15, 0.2) is 5.78 Å². The Morgan fingerprint density at radius 2 is 1.73 bits per heavy atom. The van der Waals surface area contributed by atoms with Crippen LogP contribution in [0.2, 0.25) is 0 Å². The summed E-state index contributed by atoms with van der Waals surface area (Å²) in [5.74, 6) is -2.89. The van der Waals surface area contributed by atoms with Gasteiger partial charge in [-0.3, -0.25) is 9.59 Å². The van der Waals surface area contributed by atoms with E-state index in [4.69, 9.17) is 0 Å². The molecule has 2 aliphatic rings. The number of Topliss-reactive ketones (excluding diaryl/α,β-unsaturated/α-hetero) is 1. The highest BCUT2D eigenvalue weighted by atomic mass is 19.4. The first-order valence-electron chi connectivity index (χ1n) is 10.7. The average Bonchev–Trinajstić information content (AvgIpc) is 2.78. The summed E-state index contributed by atoms with van der Waals surface area (Å²) in [5, 5.41) is 13.1. The van der Waals surface area contributed by atoms with Crippen LogP contribution in [0.15, 0.2) is 53.9 Å². The van der Waals surface area contributed by atoms with Crippen molar-refractivity contribution < 1.29 is 32.3 Å². The van der Waals surface area contributed by atoms with E-state index in [1.807, 2.05) is 0 Å². The largest absolute Gasteiger partial charge is 0.511 e. The number of nitrogens with one attached hydrogen (secondary N) is 1. The van der Waals surface area contributed by atoms with Crippen molar-refractivity contribution in [3.63, 3.8) is 0 Å². The molecule has 2 aromatic rings. The average molecular weight is 462 g/mol. The number of allylic oxidation sites excluding steroid dienone is 1. The molecule has 0 radical (unpaired) electrons. The van der Waals surface area contributed by atoms with E-state index < -0.39 is 46.3 Å². The van der Waals surface area contributed by atoms with Gasteiger partial charge < -0.3 is 10.4 Å². The smallest absolute Gasteiger partial charge is 0.416 e.